The van der Waals surface area contributed by atoms with Crippen LogP contribution < -0.4 is 5.73 Å². The largest absolute Gasteiger partial charge is 0.368 e. The van der Waals surface area contributed by atoms with Crippen molar-refractivity contribution < 1.29 is 4.79 Å². The van der Waals surface area contributed by atoms with Gasteiger partial charge in [0.25, 0.3) is 0 Å². The SMILES string of the molecule is CC(C)n1ccc(CN2CCC[C@H]2C(N)=O)n1. The van der Waals surface area contributed by atoms with E-state index in [0.717, 1.165) is 25.1 Å². The van der Waals surface area contributed by atoms with Gasteiger partial charge in [0.05, 0.1) is 11.7 Å². The molecule has 1 aromatic rings. The van der Waals surface area contributed by atoms with E-state index in [0.29, 0.717) is 12.6 Å². The van der Waals surface area contributed by atoms with Gasteiger partial charge in [-0.3, -0.25) is 14.4 Å². The van der Waals surface area contributed by atoms with Gasteiger partial charge in [-0.15, -0.1) is 0 Å². The van der Waals surface area contributed by atoms with Crippen molar-refractivity contribution in [3.05, 3.63) is 18.0 Å². The number of hydrogen-bond acceptors (Lipinski definition) is 3. The second kappa shape index (κ2) is 4.87. The molecule has 1 aromatic heterocycles. The molecule has 1 aliphatic heterocycles. The van der Waals surface area contributed by atoms with Gasteiger partial charge in [-0.05, 0) is 39.3 Å². The number of carbonyl (C=O) groups excluding carboxylic acids is 1. The maximum Gasteiger partial charge on any atom is 0.234 e. The Kier molecular flexibility index (Phi) is 3.47. The highest BCUT2D eigenvalue weighted by Crippen LogP contribution is 2.19. The molecule has 0 unspecified atom stereocenters. The van der Waals surface area contributed by atoms with Gasteiger partial charge in [-0.1, -0.05) is 0 Å². The first kappa shape index (κ1) is 12.1. The summed E-state index contributed by atoms with van der Waals surface area (Å²) in [6.07, 6.45) is 3.90. The Morgan fingerprint density at radius 1 is 1.65 bits per heavy atom. The van der Waals surface area contributed by atoms with Crippen LogP contribution in [0.4, 0.5) is 0 Å². The van der Waals surface area contributed by atoms with Crippen LogP contribution in [0.25, 0.3) is 0 Å². The zero-order chi connectivity index (χ0) is 12.4. The fourth-order valence-electron chi connectivity index (χ4n) is 2.29. The molecule has 0 radical (unpaired) electrons. The summed E-state index contributed by atoms with van der Waals surface area (Å²) >= 11 is 0. The van der Waals surface area contributed by atoms with Crippen LogP contribution >= 0.6 is 0 Å². The van der Waals surface area contributed by atoms with Crippen LogP contribution in [0.3, 0.4) is 0 Å². The van der Waals surface area contributed by atoms with Crippen molar-refractivity contribution in [3.8, 4) is 0 Å². The molecule has 0 aromatic carbocycles. The van der Waals surface area contributed by atoms with E-state index < -0.39 is 0 Å². The monoisotopic (exact) mass is 236 g/mol. The molecule has 5 heteroatoms. The summed E-state index contributed by atoms with van der Waals surface area (Å²) in [5.41, 5.74) is 6.40. The molecule has 1 fully saturated rings. The lowest BCUT2D eigenvalue weighted by atomic mass is 10.2. The first-order valence-electron chi connectivity index (χ1n) is 6.15. The zero-order valence-electron chi connectivity index (χ0n) is 10.5. The molecular weight excluding hydrogens is 216 g/mol. The molecule has 5 nitrogen and oxygen atoms in total. The molecule has 0 spiro atoms. The number of hydrogen-bond donors (Lipinski definition) is 1. The summed E-state index contributed by atoms with van der Waals surface area (Å²) in [6, 6.07) is 2.27. The lowest BCUT2D eigenvalue weighted by molar-refractivity contribution is -0.122. The number of likely N-dealkylation sites (tertiary alicyclic amines) is 1. The minimum Gasteiger partial charge on any atom is -0.368 e. The molecule has 1 aliphatic rings. The number of amides is 1. The lowest BCUT2D eigenvalue weighted by Gasteiger charge is -2.20. The highest BCUT2D eigenvalue weighted by molar-refractivity contribution is 5.80. The molecule has 2 N–H and O–H groups in total. The van der Waals surface area contributed by atoms with Crippen LogP contribution in [0.15, 0.2) is 12.3 Å². The van der Waals surface area contributed by atoms with Gasteiger partial charge in [-0.25, -0.2) is 0 Å². The molecule has 1 saturated heterocycles. The van der Waals surface area contributed by atoms with E-state index >= 15 is 0 Å². The topological polar surface area (TPSA) is 64.2 Å². The Balaban J connectivity index is 2.02. The molecule has 94 valence electrons. The van der Waals surface area contributed by atoms with Crippen molar-refractivity contribution in [2.45, 2.75) is 45.3 Å². The van der Waals surface area contributed by atoms with Crippen molar-refractivity contribution in [1.29, 1.82) is 0 Å². The van der Waals surface area contributed by atoms with Gasteiger partial charge in [-0.2, -0.15) is 5.10 Å². The Morgan fingerprint density at radius 3 is 3.00 bits per heavy atom. The standard InChI is InChI=1S/C12H20N4O/c1-9(2)16-7-5-10(14-16)8-15-6-3-4-11(15)12(13)17/h5,7,9,11H,3-4,6,8H2,1-2H3,(H2,13,17)/t11-/m0/s1. The summed E-state index contributed by atoms with van der Waals surface area (Å²) < 4.78 is 1.94. The van der Waals surface area contributed by atoms with E-state index in [9.17, 15) is 4.79 Å². The fourth-order valence-corrected chi connectivity index (χ4v) is 2.29. The van der Waals surface area contributed by atoms with Crippen molar-refractivity contribution in [1.82, 2.24) is 14.7 Å². The zero-order valence-corrected chi connectivity index (χ0v) is 10.5. The highest BCUT2D eigenvalue weighted by Gasteiger charge is 2.29. The van der Waals surface area contributed by atoms with E-state index in [1.54, 1.807) is 0 Å². The molecule has 17 heavy (non-hydrogen) atoms. The first-order chi connectivity index (χ1) is 8.08. The first-order valence-corrected chi connectivity index (χ1v) is 6.15. The maximum atomic E-state index is 11.3. The number of aromatic nitrogens is 2. The van der Waals surface area contributed by atoms with Gasteiger partial charge in [0.15, 0.2) is 0 Å². The third kappa shape index (κ3) is 2.66. The molecule has 2 heterocycles. The second-order valence-electron chi connectivity index (χ2n) is 4.91. The Hall–Kier alpha value is -1.36. The smallest absolute Gasteiger partial charge is 0.234 e. The third-order valence-electron chi connectivity index (χ3n) is 3.25. The van der Waals surface area contributed by atoms with Crippen LogP contribution in [0.5, 0.6) is 0 Å². The summed E-state index contributed by atoms with van der Waals surface area (Å²) in [5, 5.41) is 4.49. The molecule has 1 amide bonds. The number of carbonyl (C=O) groups is 1. The van der Waals surface area contributed by atoms with Gasteiger partial charge < -0.3 is 5.73 Å². The lowest BCUT2D eigenvalue weighted by Crippen LogP contribution is -2.39. The average Bonchev–Trinajstić information content (AvgIpc) is 2.86. The molecular formula is C12H20N4O. The van der Waals surface area contributed by atoms with Crippen molar-refractivity contribution >= 4 is 5.91 Å². The van der Waals surface area contributed by atoms with Gasteiger partial charge in [0.1, 0.15) is 0 Å². The highest BCUT2D eigenvalue weighted by atomic mass is 16.1. The number of nitrogens with zero attached hydrogens (tertiary/aromatic N) is 3. The molecule has 1 atom stereocenters. The van der Waals surface area contributed by atoms with E-state index in [-0.39, 0.29) is 11.9 Å². The van der Waals surface area contributed by atoms with Crippen LogP contribution in [-0.4, -0.2) is 33.2 Å². The van der Waals surface area contributed by atoms with Crippen LogP contribution in [0.1, 0.15) is 38.4 Å². The molecule has 0 aliphatic carbocycles. The summed E-state index contributed by atoms with van der Waals surface area (Å²) in [7, 11) is 0. The van der Waals surface area contributed by atoms with Crippen LogP contribution in [0.2, 0.25) is 0 Å². The average molecular weight is 236 g/mol. The van der Waals surface area contributed by atoms with Crippen LogP contribution in [-0.2, 0) is 11.3 Å². The maximum absolute atomic E-state index is 11.3. The quantitative estimate of drug-likeness (QED) is 0.845. The van der Waals surface area contributed by atoms with Crippen molar-refractivity contribution in [3.63, 3.8) is 0 Å². The second-order valence-corrected chi connectivity index (χ2v) is 4.91. The van der Waals surface area contributed by atoms with Crippen molar-refractivity contribution in [2.24, 2.45) is 5.73 Å². The predicted molar refractivity (Wildman–Crippen MR) is 65.2 cm³/mol. The Morgan fingerprint density at radius 2 is 2.41 bits per heavy atom. The van der Waals surface area contributed by atoms with E-state index in [2.05, 4.69) is 23.8 Å². The van der Waals surface area contributed by atoms with Crippen molar-refractivity contribution in [2.75, 3.05) is 6.54 Å². The fraction of sp³-hybridized carbons (Fsp3) is 0.667. The summed E-state index contributed by atoms with van der Waals surface area (Å²) in [5.74, 6) is -0.217. The third-order valence-corrected chi connectivity index (χ3v) is 3.25. The van der Waals surface area contributed by atoms with E-state index in [4.69, 9.17) is 5.73 Å². The van der Waals surface area contributed by atoms with Gasteiger partial charge in [0, 0.05) is 18.8 Å². The minimum atomic E-state index is -0.217. The Bertz CT molecular complexity index is 399. The molecule has 2 rings (SSSR count). The number of nitrogens with two attached hydrogens (primary N) is 1. The number of rotatable bonds is 4. The Labute approximate surface area is 102 Å². The molecule has 0 bridgehead atoms. The summed E-state index contributed by atoms with van der Waals surface area (Å²) in [4.78, 5) is 13.4. The van der Waals surface area contributed by atoms with Crippen LogP contribution in [0, 0.1) is 0 Å². The van der Waals surface area contributed by atoms with Gasteiger partial charge in [0.2, 0.25) is 5.91 Å². The molecule has 0 saturated carbocycles. The normalized spacial score (nSPS) is 21.2. The summed E-state index contributed by atoms with van der Waals surface area (Å²) in [6.45, 7) is 5.84. The number of primary amides is 1. The minimum absolute atomic E-state index is 0.112. The predicted octanol–water partition coefficient (Wildman–Crippen LogP) is 0.914. The van der Waals surface area contributed by atoms with E-state index in [1.165, 1.54) is 0 Å². The van der Waals surface area contributed by atoms with Gasteiger partial charge >= 0.3 is 0 Å². The van der Waals surface area contributed by atoms with E-state index in [1.807, 2.05) is 16.9 Å².